The Kier molecular flexibility index (Phi) is 2.24. The second-order valence-electron chi connectivity index (χ2n) is 2.62. The first-order chi connectivity index (χ1) is 6.70. The van der Waals surface area contributed by atoms with Crippen LogP contribution in [0.1, 0.15) is 5.56 Å². The molecule has 2 aromatic rings. The first kappa shape index (κ1) is 9.20. The first-order valence-corrected chi connectivity index (χ1v) is 4.49. The zero-order chi connectivity index (χ0) is 10.1. The molecular weight excluding hydrogens is 221 g/mol. The highest BCUT2D eigenvalue weighted by atomic mass is 35.5. The molecule has 0 saturated heterocycles. The normalized spacial score (nSPS) is 10.1. The second-order valence-corrected chi connectivity index (χ2v) is 3.34. The molecule has 2 rings (SSSR count). The summed E-state index contributed by atoms with van der Waals surface area (Å²) < 4.78 is 0. The zero-order valence-corrected chi connectivity index (χ0v) is 8.34. The van der Waals surface area contributed by atoms with Gasteiger partial charge in [-0.05, 0) is 18.2 Å². The lowest BCUT2D eigenvalue weighted by Crippen LogP contribution is -1.87. The quantitative estimate of drug-likeness (QED) is 0.691. The van der Waals surface area contributed by atoms with E-state index in [2.05, 4.69) is 9.97 Å². The van der Waals surface area contributed by atoms with Crippen LogP contribution in [-0.4, -0.2) is 9.97 Å². The minimum absolute atomic E-state index is 0.147. The van der Waals surface area contributed by atoms with Gasteiger partial charge < -0.3 is 0 Å². The Labute approximate surface area is 89.9 Å². The maximum atomic E-state index is 8.66. The third-order valence-corrected chi connectivity index (χ3v) is 2.34. The van der Waals surface area contributed by atoms with Gasteiger partial charge >= 0.3 is 0 Å². The summed E-state index contributed by atoms with van der Waals surface area (Å²) in [6.07, 6.45) is 0. The SMILES string of the molecule is N#Cc1ccc2nc(Cl)c(Cl)nc2c1. The van der Waals surface area contributed by atoms with Crippen molar-refractivity contribution in [1.29, 1.82) is 5.26 Å². The number of nitriles is 1. The average molecular weight is 224 g/mol. The fourth-order valence-corrected chi connectivity index (χ4v) is 1.35. The number of halogens is 2. The molecule has 0 unspecified atom stereocenters. The van der Waals surface area contributed by atoms with E-state index in [0.29, 0.717) is 16.6 Å². The van der Waals surface area contributed by atoms with Crippen molar-refractivity contribution in [2.24, 2.45) is 0 Å². The summed E-state index contributed by atoms with van der Waals surface area (Å²) >= 11 is 11.4. The number of rotatable bonds is 0. The molecule has 0 amide bonds. The fraction of sp³-hybridized carbons (Fsp3) is 0. The Balaban J connectivity index is 2.78. The summed E-state index contributed by atoms with van der Waals surface area (Å²) in [7, 11) is 0. The van der Waals surface area contributed by atoms with Crippen LogP contribution in [0.4, 0.5) is 0 Å². The lowest BCUT2D eigenvalue weighted by atomic mass is 10.2. The van der Waals surface area contributed by atoms with Gasteiger partial charge in [0, 0.05) is 0 Å². The highest BCUT2D eigenvalue weighted by molar-refractivity contribution is 6.40. The van der Waals surface area contributed by atoms with Crippen molar-refractivity contribution in [2.75, 3.05) is 0 Å². The Morgan fingerprint density at radius 2 is 1.71 bits per heavy atom. The van der Waals surface area contributed by atoms with Crippen molar-refractivity contribution in [1.82, 2.24) is 9.97 Å². The van der Waals surface area contributed by atoms with Crippen LogP contribution in [0.25, 0.3) is 11.0 Å². The fourth-order valence-electron chi connectivity index (χ4n) is 1.08. The molecular formula is C9H3Cl2N3. The standard InChI is InChI=1S/C9H3Cl2N3/c10-8-9(11)14-7-3-5(4-12)1-2-6(7)13-8/h1-3H. The van der Waals surface area contributed by atoms with E-state index in [1.807, 2.05) is 6.07 Å². The zero-order valence-electron chi connectivity index (χ0n) is 6.83. The summed E-state index contributed by atoms with van der Waals surface area (Å²) in [4.78, 5) is 8.02. The number of hydrogen-bond acceptors (Lipinski definition) is 3. The average Bonchev–Trinajstić information content (AvgIpc) is 2.19. The van der Waals surface area contributed by atoms with Crippen molar-refractivity contribution in [3.05, 3.63) is 34.1 Å². The van der Waals surface area contributed by atoms with Crippen molar-refractivity contribution in [2.45, 2.75) is 0 Å². The van der Waals surface area contributed by atoms with Crippen molar-refractivity contribution in [3.8, 4) is 6.07 Å². The van der Waals surface area contributed by atoms with E-state index in [4.69, 9.17) is 28.5 Å². The largest absolute Gasteiger partial charge is 0.231 e. The van der Waals surface area contributed by atoms with Gasteiger partial charge in [-0.2, -0.15) is 5.26 Å². The molecule has 0 bridgehead atoms. The predicted octanol–water partition coefficient (Wildman–Crippen LogP) is 2.81. The molecule has 0 aliphatic heterocycles. The molecule has 68 valence electrons. The van der Waals surface area contributed by atoms with Gasteiger partial charge in [0.15, 0.2) is 10.3 Å². The van der Waals surface area contributed by atoms with Gasteiger partial charge in [-0.3, -0.25) is 0 Å². The lowest BCUT2D eigenvalue weighted by Gasteiger charge is -1.98. The highest BCUT2D eigenvalue weighted by Gasteiger charge is 2.04. The van der Waals surface area contributed by atoms with Crippen LogP contribution in [0.15, 0.2) is 18.2 Å². The van der Waals surface area contributed by atoms with Crippen molar-refractivity contribution in [3.63, 3.8) is 0 Å². The number of hydrogen-bond donors (Lipinski definition) is 0. The monoisotopic (exact) mass is 223 g/mol. The molecule has 0 radical (unpaired) electrons. The third-order valence-electron chi connectivity index (χ3n) is 1.71. The van der Waals surface area contributed by atoms with Crippen LogP contribution in [0.5, 0.6) is 0 Å². The van der Waals surface area contributed by atoms with Gasteiger partial charge in [0.05, 0.1) is 22.7 Å². The molecule has 3 nitrogen and oxygen atoms in total. The molecule has 14 heavy (non-hydrogen) atoms. The molecule has 0 aliphatic carbocycles. The molecule has 0 atom stereocenters. The Morgan fingerprint density at radius 1 is 1.07 bits per heavy atom. The van der Waals surface area contributed by atoms with Crippen LogP contribution in [0.3, 0.4) is 0 Å². The van der Waals surface area contributed by atoms with Crippen LogP contribution in [0, 0.1) is 11.3 Å². The van der Waals surface area contributed by atoms with Crippen LogP contribution >= 0.6 is 23.2 Å². The molecule has 0 saturated carbocycles. The van der Waals surface area contributed by atoms with E-state index in [1.165, 1.54) is 0 Å². The van der Waals surface area contributed by atoms with Crippen LogP contribution in [-0.2, 0) is 0 Å². The summed E-state index contributed by atoms with van der Waals surface area (Å²) in [6.45, 7) is 0. The predicted molar refractivity (Wildman–Crippen MR) is 54.3 cm³/mol. The molecule has 0 aliphatic rings. The summed E-state index contributed by atoms with van der Waals surface area (Å²) in [5.74, 6) is 0. The van der Waals surface area contributed by atoms with E-state index in [0.717, 1.165) is 0 Å². The van der Waals surface area contributed by atoms with Gasteiger partial charge in [0.2, 0.25) is 0 Å². The Bertz CT molecular complexity index is 545. The molecule has 1 aromatic carbocycles. The first-order valence-electron chi connectivity index (χ1n) is 3.73. The van der Waals surface area contributed by atoms with Crippen molar-refractivity contribution >= 4 is 34.2 Å². The maximum absolute atomic E-state index is 8.66. The van der Waals surface area contributed by atoms with Gasteiger partial charge in [0.1, 0.15) is 0 Å². The van der Waals surface area contributed by atoms with Gasteiger partial charge in [-0.15, -0.1) is 0 Å². The number of benzene rings is 1. The van der Waals surface area contributed by atoms with E-state index >= 15 is 0 Å². The molecule has 5 heteroatoms. The van der Waals surface area contributed by atoms with E-state index in [-0.39, 0.29) is 10.3 Å². The smallest absolute Gasteiger partial charge is 0.167 e. The van der Waals surface area contributed by atoms with Crippen LogP contribution < -0.4 is 0 Å². The lowest BCUT2D eigenvalue weighted by molar-refractivity contribution is 1.29. The minimum Gasteiger partial charge on any atom is -0.231 e. The van der Waals surface area contributed by atoms with Gasteiger partial charge in [-0.1, -0.05) is 23.2 Å². The maximum Gasteiger partial charge on any atom is 0.167 e. The van der Waals surface area contributed by atoms with E-state index in [9.17, 15) is 0 Å². The number of nitrogens with zero attached hydrogens (tertiary/aromatic N) is 3. The highest BCUT2D eigenvalue weighted by Crippen LogP contribution is 2.21. The molecule has 0 spiro atoms. The van der Waals surface area contributed by atoms with Crippen LogP contribution in [0.2, 0.25) is 10.3 Å². The summed E-state index contributed by atoms with van der Waals surface area (Å²) in [5.41, 5.74) is 1.71. The topological polar surface area (TPSA) is 49.6 Å². The van der Waals surface area contributed by atoms with Crippen molar-refractivity contribution < 1.29 is 0 Å². The van der Waals surface area contributed by atoms with E-state index in [1.54, 1.807) is 18.2 Å². The molecule has 1 aromatic heterocycles. The number of aromatic nitrogens is 2. The van der Waals surface area contributed by atoms with Gasteiger partial charge in [0.25, 0.3) is 0 Å². The Morgan fingerprint density at radius 3 is 2.36 bits per heavy atom. The van der Waals surface area contributed by atoms with E-state index < -0.39 is 0 Å². The minimum atomic E-state index is 0.147. The summed E-state index contributed by atoms with van der Waals surface area (Å²) in [6, 6.07) is 6.96. The molecule has 0 fully saturated rings. The second kappa shape index (κ2) is 3.41. The summed E-state index contributed by atoms with van der Waals surface area (Å²) in [5, 5.41) is 8.98. The molecule has 1 heterocycles. The number of fused-ring (bicyclic) bond motifs is 1. The third kappa shape index (κ3) is 1.50. The van der Waals surface area contributed by atoms with Gasteiger partial charge in [-0.25, -0.2) is 9.97 Å². The Hall–Kier alpha value is -1.37. The molecule has 0 N–H and O–H groups in total.